The van der Waals surface area contributed by atoms with Crippen molar-refractivity contribution in [1.29, 1.82) is 0 Å². The molecule has 14 aliphatic rings. The number of rotatable bonds is 3. The normalized spacial score (nSPS) is 58.7. The Morgan fingerprint density at radius 1 is 0.432 bits per heavy atom. The molecule has 0 spiro atoms. The van der Waals surface area contributed by atoms with Crippen LogP contribution in [0, 0.1) is 0 Å². The number of hydrogen-bond acceptors (Lipinski definition) is 18. The highest BCUT2D eigenvalue weighted by Crippen LogP contribution is 2.52. The zero-order valence-electron chi connectivity index (χ0n) is 43.3. The highest BCUT2D eigenvalue weighted by atomic mass is 16.7. The Kier molecular flexibility index (Phi) is 13.3. The first-order valence-electron chi connectivity index (χ1n) is 28.7. The number of fused-ring (bicyclic) bond motifs is 13. The van der Waals surface area contributed by atoms with E-state index in [2.05, 4.69) is 13.8 Å². The number of aliphatic hydroxyl groups is 3. The maximum Gasteiger partial charge on any atom is 0.330 e. The summed E-state index contributed by atoms with van der Waals surface area (Å²) in [6.07, 6.45) is 4.13. The Labute approximate surface area is 433 Å². The summed E-state index contributed by atoms with van der Waals surface area (Å²) in [6.45, 7) is 7.84. The number of carboxylic acids is 1. The first kappa shape index (κ1) is 50.7. The Morgan fingerprint density at radius 3 is 1.36 bits per heavy atom. The molecule has 0 saturated carbocycles. The van der Waals surface area contributed by atoms with Crippen LogP contribution in [0.15, 0.2) is 11.6 Å². The summed E-state index contributed by atoms with van der Waals surface area (Å²) >= 11 is 0. The summed E-state index contributed by atoms with van der Waals surface area (Å²) < 4.78 is 95.4. The van der Waals surface area contributed by atoms with Gasteiger partial charge in [-0.3, -0.25) is 0 Å². The summed E-state index contributed by atoms with van der Waals surface area (Å²) in [6, 6.07) is 0. The lowest BCUT2D eigenvalue weighted by Crippen LogP contribution is -2.65. The maximum absolute atomic E-state index is 11.8. The van der Waals surface area contributed by atoms with Gasteiger partial charge in [0.2, 0.25) is 0 Å². The van der Waals surface area contributed by atoms with Crippen molar-refractivity contribution in [3.8, 4) is 0 Å². The SMILES string of the molecule is CC(=CCC1CC2OC3CC4OC5CC6OC7CCC8OC9CC%10OC%11CC%12(C)OC%13CC%14OC(C)C(O)CC%14OC%13CCC%12OC%11CC%10OC9CC8OC7(C)CC6OC5C(O)CC4OC3C(O)CC2O1)C(=O)O. The average Bonchev–Trinajstić information content (AvgIpc) is 3.41. The fourth-order valence-electron chi connectivity index (χ4n) is 16.6. The molecule has 19 nitrogen and oxygen atoms in total. The van der Waals surface area contributed by atoms with Crippen LogP contribution in [0.1, 0.15) is 137 Å². The molecule has 14 aliphatic heterocycles. The van der Waals surface area contributed by atoms with Crippen LogP contribution in [0.3, 0.4) is 0 Å². The van der Waals surface area contributed by atoms with Crippen molar-refractivity contribution >= 4 is 5.97 Å². The highest BCUT2D eigenvalue weighted by Gasteiger charge is 2.62. The van der Waals surface area contributed by atoms with Gasteiger partial charge in [-0.25, -0.2) is 4.79 Å². The number of ether oxygens (including phenoxy) is 14. The monoisotopic (exact) mass is 1040 g/mol. The van der Waals surface area contributed by atoms with E-state index >= 15 is 0 Å². The molecular weight excluding hydrogens is 965 g/mol. The third kappa shape index (κ3) is 9.10. The van der Waals surface area contributed by atoms with Crippen LogP contribution in [0.25, 0.3) is 0 Å². The van der Waals surface area contributed by atoms with Crippen LogP contribution in [-0.4, -0.2) is 215 Å². The first-order valence-corrected chi connectivity index (χ1v) is 28.7. The van der Waals surface area contributed by atoms with Crippen LogP contribution in [-0.2, 0) is 71.1 Å². The molecule has 0 amide bonds. The van der Waals surface area contributed by atoms with Crippen molar-refractivity contribution in [1.82, 2.24) is 0 Å². The molecule has 14 saturated heterocycles. The van der Waals surface area contributed by atoms with E-state index in [9.17, 15) is 25.2 Å². The summed E-state index contributed by atoms with van der Waals surface area (Å²) in [7, 11) is 0. The number of hydrogen-bond donors (Lipinski definition) is 4. The molecule has 0 aromatic heterocycles. The van der Waals surface area contributed by atoms with Gasteiger partial charge in [0.15, 0.2) is 0 Å². The van der Waals surface area contributed by atoms with Crippen LogP contribution in [0.2, 0.25) is 0 Å². The van der Waals surface area contributed by atoms with E-state index in [4.69, 9.17) is 66.3 Å². The Hall–Kier alpha value is -1.47. The number of carboxylic acid groups (broad SMARTS) is 1. The topological polar surface area (TPSA) is 227 Å². The second kappa shape index (κ2) is 19.4. The number of aliphatic hydroxyl groups excluding tert-OH is 3. The zero-order valence-corrected chi connectivity index (χ0v) is 43.3. The molecular formula is C55H80O19. The van der Waals surface area contributed by atoms with E-state index in [1.807, 2.05) is 6.92 Å². The maximum atomic E-state index is 11.8. The smallest absolute Gasteiger partial charge is 0.330 e. The molecule has 0 radical (unpaired) electrons. The quantitative estimate of drug-likeness (QED) is 0.298. The Morgan fingerprint density at radius 2 is 0.811 bits per heavy atom. The van der Waals surface area contributed by atoms with Gasteiger partial charge < -0.3 is 86.7 Å². The lowest BCUT2D eigenvalue weighted by atomic mass is 9.80. The van der Waals surface area contributed by atoms with Gasteiger partial charge in [-0.2, -0.15) is 0 Å². The Bertz CT molecular complexity index is 2120. The molecule has 31 atom stereocenters. The van der Waals surface area contributed by atoms with E-state index in [1.54, 1.807) is 13.0 Å². The van der Waals surface area contributed by atoms with Gasteiger partial charge in [0.25, 0.3) is 0 Å². The number of aliphatic carboxylic acids is 1. The minimum Gasteiger partial charge on any atom is -0.478 e. The Balaban J connectivity index is 0.599. The highest BCUT2D eigenvalue weighted by molar-refractivity contribution is 5.85. The van der Waals surface area contributed by atoms with Gasteiger partial charge in [0.1, 0.15) is 12.2 Å². The van der Waals surface area contributed by atoms with E-state index in [0.717, 1.165) is 51.4 Å². The lowest BCUT2D eigenvalue weighted by molar-refractivity contribution is -0.329. The van der Waals surface area contributed by atoms with Crippen molar-refractivity contribution in [2.24, 2.45) is 0 Å². The largest absolute Gasteiger partial charge is 0.478 e. The molecule has 0 aromatic rings. The van der Waals surface area contributed by atoms with Gasteiger partial charge in [0, 0.05) is 82.6 Å². The minimum atomic E-state index is -0.951. The van der Waals surface area contributed by atoms with Gasteiger partial charge in [-0.05, 0) is 59.8 Å². The average molecular weight is 1050 g/mol. The van der Waals surface area contributed by atoms with Gasteiger partial charge in [-0.1, -0.05) is 6.08 Å². The molecule has 414 valence electrons. The van der Waals surface area contributed by atoms with Crippen LogP contribution < -0.4 is 0 Å². The molecule has 14 fully saturated rings. The number of carbonyl (C=O) groups is 1. The van der Waals surface area contributed by atoms with Crippen molar-refractivity contribution in [2.45, 2.75) is 325 Å². The first-order chi connectivity index (χ1) is 35.6. The predicted molar refractivity (Wildman–Crippen MR) is 254 cm³/mol. The fraction of sp³-hybridized carbons (Fsp3) is 0.945. The van der Waals surface area contributed by atoms with Crippen LogP contribution in [0.5, 0.6) is 0 Å². The zero-order chi connectivity index (χ0) is 50.5. The van der Waals surface area contributed by atoms with E-state index in [-0.39, 0.29) is 134 Å². The molecule has 0 aliphatic carbocycles. The molecule has 74 heavy (non-hydrogen) atoms. The fourth-order valence-corrected chi connectivity index (χ4v) is 16.6. The van der Waals surface area contributed by atoms with Crippen molar-refractivity contribution in [2.75, 3.05) is 0 Å². The molecule has 14 rings (SSSR count). The van der Waals surface area contributed by atoms with E-state index < -0.39 is 66.0 Å². The molecule has 31 unspecified atom stereocenters. The molecule has 0 aromatic carbocycles. The third-order valence-corrected chi connectivity index (χ3v) is 20.5. The van der Waals surface area contributed by atoms with Crippen molar-refractivity contribution in [3.63, 3.8) is 0 Å². The second-order valence-corrected chi connectivity index (χ2v) is 25.5. The predicted octanol–water partition coefficient (Wildman–Crippen LogP) is 3.28. The van der Waals surface area contributed by atoms with Gasteiger partial charge in [-0.15, -0.1) is 0 Å². The molecule has 14 heterocycles. The third-order valence-electron chi connectivity index (χ3n) is 20.5. The van der Waals surface area contributed by atoms with E-state index in [1.165, 1.54) is 0 Å². The van der Waals surface area contributed by atoms with Gasteiger partial charge >= 0.3 is 5.97 Å². The minimum absolute atomic E-state index is 0.0625. The summed E-state index contributed by atoms with van der Waals surface area (Å²) in [5.74, 6) is -0.951. The summed E-state index contributed by atoms with van der Waals surface area (Å²) in [5.41, 5.74) is -0.910. The van der Waals surface area contributed by atoms with Crippen molar-refractivity contribution in [3.05, 3.63) is 11.6 Å². The lowest BCUT2D eigenvalue weighted by Gasteiger charge is -2.56. The molecule has 4 N–H and O–H groups in total. The summed E-state index contributed by atoms with van der Waals surface area (Å²) in [5, 5.41) is 43.2. The summed E-state index contributed by atoms with van der Waals surface area (Å²) in [4.78, 5) is 11.4. The second-order valence-electron chi connectivity index (χ2n) is 25.5. The van der Waals surface area contributed by atoms with Crippen LogP contribution in [0.4, 0.5) is 0 Å². The molecule has 0 bridgehead atoms. The van der Waals surface area contributed by atoms with Gasteiger partial charge in [0.05, 0.1) is 176 Å². The standard InChI is InChI=1S/C55H80O19/c1-23(53(59)60)5-6-25-11-31-32(62-25)13-27(57)51-45(66-31)19-40-34(71-51)14-28(58)52-46(67-40)20-42-48(72-52)22-55(4)50(70-42)10-8-30-44(74-55)18-39-36(64-30)15-38-37(65-39)16-41-47(68-38)21-54(3)49(69-41)9-7-29-43(73-54)17-35-33(63-29)12-26(56)24(2)61-35/h5,24-52,56-58H,6-22H2,1-4H3,(H,59,60). The molecule has 19 heteroatoms. The van der Waals surface area contributed by atoms with Crippen molar-refractivity contribution < 1.29 is 91.5 Å². The van der Waals surface area contributed by atoms with E-state index in [0.29, 0.717) is 57.8 Å². The van der Waals surface area contributed by atoms with Crippen LogP contribution >= 0.6 is 0 Å².